The Morgan fingerprint density at radius 2 is 1.73 bits per heavy atom. The lowest BCUT2D eigenvalue weighted by Gasteiger charge is -2.11. The molecular formula is C20H24FN3O5S. The second-order valence-corrected chi connectivity index (χ2v) is 8.41. The van der Waals surface area contributed by atoms with Gasteiger partial charge < -0.3 is 15.4 Å². The first-order valence-corrected chi connectivity index (χ1v) is 10.6. The minimum Gasteiger partial charge on any atom is -0.495 e. The molecule has 0 spiro atoms. The largest absolute Gasteiger partial charge is 0.495 e. The van der Waals surface area contributed by atoms with Crippen LogP contribution in [0.1, 0.15) is 24.2 Å². The lowest BCUT2D eigenvalue weighted by Crippen LogP contribution is -2.34. The van der Waals surface area contributed by atoms with E-state index in [1.54, 1.807) is 38.1 Å². The van der Waals surface area contributed by atoms with Crippen LogP contribution in [-0.2, 0) is 14.8 Å². The number of hydrogen-bond acceptors (Lipinski definition) is 5. The molecule has 0 aliphatic heterocycles. The summed E-state index contributed by atoms with van der Waals surface area (Å²) in [4.78, 5) is 23.5. The van der Waals surface area contributed by atoms with Gasteiger partial charge in [0.15, 0.2) is 0 Å². The smallest absolute Gasteiger partial charge is 0.251 e. The van der Waals surface area contributed by atoms with Gasteiger partial charge >= 0.3 is 0 Å². The molecular weight excluding hydrogens is 413 g/mol. The van der Waals surface area contributed by atoms with E-state index >= 15 is 0 Å². The fraction of sp³-hybridized carbons (Fsp3) is 0.300. The van der Waals surface area contributed by atoms with Crippen molar-refractivity contribution in [3.63, 3.8) is 0 Å². The first kappa shape index (κ1) is 23.3. The van der Waals surface area contributed by atoms with Crippen molar-refractivity contribution in [1.82, 2.24) is 10.0 Å². The zero-order chi connectivity index (χ0) is 22.3. The van der Waals surface area contributed by atoms with E-state index in [1.165, 1.54) is 13.2 Å². The molecule has 0 unspecified atom stereocenters. The third-order valence-electron chi connectivity index (χ3n) is 4.06. The Kier molecular flexibility index (Phi) is 7.90. The van der Waals surface area contributed by atoms with Crippen LogP contribution < -0.4 is 20.1 Å². The van der Waals surface area contributed by atoms with Crippen molar-refractivity contribution in [2.45, 2.75) is 18.7 Å². The molecule has 0 fully saturated rings. The van der Waals surface area contributed by atoms with E-state index in [0.717, 1.165) is 12.1 Å². The van der Waals surface area contributed by atoms with Gasteiger partial charge in [-0.1, -0.05) is 13.8 Å². The van der Waals surface area contributed by atoms with E-state index in [9.17, 15) is 22.4 Å². The van der Waals surface area contributed by atoms with Crippen LogP contribution in [0.3, 0.4) is 0 Å². The molecule has 0 radical (unpaired) electrons. The van der Waals surface area contributed by atoms with E-state index in [0.29, 0.717) is 11.3 Å². The summed E-state index contributed by atoms with van der Waals surface area (Å²) in [5.74, 6) is -1.40. The maximum Gasteiger partial charge on any atom is 0.251 e. The first-order chi connectivity index (χ1) is 14.1. The normalized spacial score (nSPS) is 11.2. The Morgan fingerprint density at radius 1 is 1.07 bits per heavy atom. The van der Waals surface area contributed by atoms with Crippen LogP contribution in [0.25, 0.3) is 0 Å². The monoisotopic (exact) mass is 437 g/mol. The number of ether oxygens (including phenoxy) is 1. The quantitative estimate of drug-likeness (QED) is 0.520. The van der Waals surface area contributed by atoms with E-state index in [4.69, 9.17) is 4.74 Å². The average molecular weight is 437 g/mol. The SMILES string of the molecule is COc1ccc(F)cc1S(=O)(=O)NCCNC(=O)c1ccc(NC(=O)C(C)C)cc1. The number of benzene rings is 2. The molecule has 2 aromatic carbocycles. The fourth-order valence-corrected chi connectivity index (χ4v) is 3.60. The lowest BCUT2D eigenvalue weighted by atomic mass is 10.1. The maximum absolute atomic E-state index is 13.4. The van der Waals surface area contributed by atoms with Crippen LogP contribution in [0.4, 0.5) is 10.1 Å². The van der Waals surface area contributed by atoms with Gasteiger partial charge in [0, 0.05) is 30.3 Å². The molecule has 2 aromatic rings. The van der Waals surface area contributed by atoms with Gasteiger partial charge in [0.25, 0.3) is 5.91 Å². The Bertz CT molecular complexity index is 1010. The highest BCUT2D eigenvalue weighted by molar-refractivity contribution is 7.89. The second kappa shape index (κ2) is 10.2. The van der Waals surface area contributed by atoms with Crippen LogP contribution in [0.5, 0.6) is 5.75 Å². The Labute approximate surface area is 174 Å². The number of sulfonamides is 1. The van der Waals surface area contributed by atoms with E-state index < -0.39 is 21.7 Å². The molecule has 0 aromatic heterocycles. The van der Waals surface area contributed by atoms with Crippen molar-refractivity contribution >= 4 is 27.5 Å². The summed E-state index contributed by atoms with van der Waals surface area (Å²) in [6, 6.07) is 9.48. The summed E-state index contributed by atoms with van der Waals surface area (Å²) >= 11 is 0. The van der Waals surface area contributed by atoms with E-state index in [1.807, 2.05) is 0 Å². The molecule has 2 amide bonds. The van der Waals surface area contributed by atoms with Crippen molar-refractivity contribution in [2.24, 2.45) is 5.92 Å². The molecule has 0 heterocycles. The third-order valence-corrected chi connectivity index (χ3v) is 5.54. The molecule has 3 N–H and O–H groups in total. The second-order valence-electron chi connectivity index (χ2n) is 6.67. The molecule has 0 aliphatic rings. The molecule has 8 nitrogen and oxygen atoms in total. The van der Waals surface area contributed by atoms with Crippen LogP contribution in [0, 0.1) is 11.7 Å². The number of anilines is 1. The molecule has 0 saturated heterocycles. The van der Waals surface area contributed by atoms with E-state index in [-0.39, 0.29) is 35.6 Å². The molecule has 2 rings (SSSR count). The third kappa shape index (κ3) is 6.26. The highest BCUT2D eigenvalue weighted by atomic mass is 32.2. The molecule has 0 aliphatic carbocycles. The van der Waals surface area contributed by atoms with Gasteiger partial charge in [0.2, 0.25) is 15.9 Å². The predicted molar refractivity (Wildman–Crippen MR) is 110 cm³/mol. The van der Waals surface area contributed by atoms with Gasteiger partial charge in [-0.05, 0) is 42.5 Å². The summed E-state index contributed by atoms with van der Waals surface area (Å²) in [7, 11) is -2.74. The highest BCUT2D eigenvalue weighted by Crippen LogP contribution is 2.24. The summed E-state index contributed by atoms with van der Waals surface area (Å²) in [5.41, 5.74) is 0.925. The van der Waals surface area contributed by atoms with Gasteiger partial charge in [0.1, 0.15) is 16.5 Å². The number of amides is 2. The molecule has 0 bridgehead atoms. The van der Waals surface area contributed by atoms with Gasteiger partial charge in [-0.3, -0.25) is 9.59 Å². The number of rotatable bonds is 9. The number of methoxy groups -OCH3 is 1. The molecule has 0 saturated carbocycles. The molecule has 162 valence electrons. The van der Waals surface area contributed by atoms with Crippen LogP contribution in [0.15, 0.2) is 47.4 Å². The van der Waals surface area contributed by atoms with Crippen LogP contribution in [-0.4, -0.2) is 40.4 Å². The van der Waals surface area contributed by atoms with Crippen molar-refractivity contribution in [3.05, 3.63) is 53.8 Å². The number of nitrogens with one attached hydrogen (secondary N) is 3. The molecule has 10 heteroatoms. The standard InChI is InChI=1S/C20H24FN3O5S/c1-13(2)19(25)24-16-7-4-14(5-8-16)20(26)22-10-11-23-30(27,28)18-12-15(21)6-9-17(18)29-3/h4-9,12-13,23H,10-11H2,1-3H3,(H,22,26)(H,24,25). The molecule has 30 heavy (non-hydrogen) atoms. The van der Waals surface area contributed by atoms with Gasteiger partial charge in [0.05, 0.1) is 7.11 Å². The molecule has 0 atom stereocenters. The van der Waals surface area contributed by atoms with Crippen molar-refractivity contribution in [2.75, 3.05) is 25.5 Å². The van der Waals surface area contributed by atoms with Crippen LogP contribution in [0.2, 0.25) is 0 Å². The minimum atomic E-state index is -4.02. The van der Waals surface area contributed by atoms with Gasteiger partial charge in [-0.2, -0.15) is 0 Å². The lowest BCUT2D eigenvalue weighted by molar-refractivity contribution is -0.118. The summed E-state index contributed by atoms with van der Waals surface area (Å²) < 4.78 is 45.3. The fourth-order valence-electron chi connectivity index (χ4n) is 2.39. The topological polar surface area (TPSA) is 114 Å². The maximum atomic E-state index is 13.4. The Hall–Kier alpha value is -2.98. The highest BCUT2D eigenvalue weighted by Gasteiger charge is 2.20. The number of carbonyl (C=O) groups excluding carboxylic acids is 2. The predicted octanol–water partition coefficient (Wildman–Crippen LogP) is 2.14. The van der Waals surface area contributed by atoms with Crippen molar-refractivity contribution in [1.29, 1.82) is 0 Å². The zero-order valence-electron chi connectivity index (χ0n) is 16.9. The first-order valence-electron chi connectivity index (χ1n) is 9.16. The summed E-state index contributed by atoms with van der Waals surface area (Å²) in [6.45, 7) is 3.46. The minimum absolute atomic E-state index is 0.0117. The van der Waals surface area contributed by atoms with Gasteiger partial charge in [-0.25, -0.2) is 17.5 Å². The average Bonchev–Trinajstić information content (AvgIpc) is 2.71. The summed E-state index contributed by atoms with van der Waals surface area (Å²) in [6.07, 6.45) is 0. The number of halogens is 1. The summed E-state index contributed by atoms with van der Waals surface area (Å²) in [5, 5.41) is 5.30. The zero-order valence-corrected chi connectivity index (χ0v) is 17.7. The number of carbonyl (C=O) groups is 2. The van der Waals surface area contributed by atoms with Gasteiger partial charge in [-0.15, -0.1) is 0 Å². The Balaban J connectivity index is 1.89. The van der Waals surface area contributed by atoms with Crippen LogP contribution >= 0.6 is 0 Å². The van der Waals surface area contributed by atoms with Crippen molar-refractivity contribution in [3.8, 4) is 5.75 Å². The van der Waals surface area contributed by atoms with E-state index in [2.05, 4.69) is 15.4 Å². The number of hydrogen-bond donors (Lipinski definition) is 3. The van der Waals surface area contributed by atoms with Crippen molar-refractivity contribution < 1.29 is 27.1 Å². The Morgan fingerprint density at radius 3 is 2.33 bits per heavy atom.